The summed E-state index contributed by atoms with van der Waals surface area (Å²) in [5, 5.41) is 10.7. The molecule has 2 aliphatic heterocycles. The average Bonchev–Trinajstić information content (AvgIpc) is 2.89. The van der Waals surface area contributed by atoms with Crippen LogP contribution in [0.2, 0.25) is 0 Å². The summed E-state index contributed by atoms with van der Waals surface area (Å²) in [5.41, 5.74) is 0.938. The lowest BCUT2D eigenvalue weighted by atomic mass is 9.95. The lowest BCUT2D eigenvalue weighted by Crippen LogP contribution is -2.49. The first-order valence-electron chi connectivity index (χ1n) is 7.34. The summed E-state index contributed by atoms with van der Waals surface area (Å²) in [7, 11) is 0. The van der Waals surface area contributed by atoms with Gasteiger partial charge in [0.05, 0.1) is 6.04 Å². The molecule has 19 heavy (non-hydrogen) atoms. The van der Waals surface area contributed by atoms with E-state index in [-0.39, 0.29) is 6.04 Å². The summed E-state index contributed by atoms with van der Waals surface area (Å²) in [6, 6.07) is 8.53. The van der Waals surface area contributed by atoms with Crippen LogP contribution in [0, 0.1) is 5.92 Å². The summed E-state index contributed by atoms with van der Waals surface area (Å²) in [4.78, 5) is 2.46. The molecule has 104 valence electrons. The molecular weight excluding hydrogens is 238 g/mol. The van der Waals surface area contributed by atoms with Gasteiger partial charge in [-0.15, -0.1) is 0 Å². The molecule has 0 radical (unpaired) electrons. The molecule has 3 rings (SSSR count). The first-order valence-corrected chi connectivity index (χ1v) is 7.34. The van der Waals surface area contributed by atoms with Crippen molar-refractivity contribution >= 4 is 0 Å². The highest BCUT2D eigenvalue weighted by Gasteiger charge is 2.39. The van der Waals surface area contributed by atoms with E-state index in [4.69, 9.17) is 4.74 Å². The third-order valence-electron chi connectivity index (χ3n) is 4.55. The number of aliphatic hydroxyl groups is 1. The first kappa shape index (κ1) is 12.9. The Morgan fingerprint density at radius 1 is 1.32 bits per heavy atom. The van der Waals surface area contributed by atoms with Gasteiger partial charge >= 0.3 is 0 Å². The smallest absolute Gasteiger partial charge is 0.125 e. The van der Waals surface area contributed by atoms with Crippen LogP contribution in [0.1, 0.15) is 38.4 Å². The molecule has 0 amide bonds. The Hall–Kier alpha value is -1.06. The maximum Gasteiger partial charge on any atom is 0.125 e. The number of fused-ring (bicyclic) bond motifs is 1. The van der Waals surface area contributed by atoms with Crippen molar-refractivity contribution in [2.24, 2.45) is 5.92 Å². The van der Waals surface area contributed by atoms with Crippen molar-refractivity contribution in [3.8, 4) is 5.75 Å². The molecule has 1 aromatic rings. The molecule has 0 aromatic heterocycles. The van der Waals surface area contributed by atoms with Crippen molar-refractivity contribution < 1.29 is 9.84 Å². The van der Waals surface area contributed by atoms with Gasteiger partial charge in [0.25, 0.3) is 0 Å². The molecule has 1 N–H and O–H groups in total. The SMILES string of the molecule is CC(C)C1CCCN1C1COc2ccccc2C1O. The molecule has 1 fully saturated rings. The summed E-state index contributed by atoms with van der Waals surface area (Å²) in [6.07, 6.45) is 2.04. The van der Waals surface area contributed by atoms with E-state index in [1.165, 1.54) is 12.8 Å². The second kappa shape index (κ2) is 5.14. The predicted molar refractivity (Wildman–Crippen MR) is 75.3 cm³/mol. The van der Waals surface area contributed by atoms with Gasteiger partial charge in [0.1, 0.15) is 18.5 Å². The fraction of sp³-hybridized carbons (Fsp3) is 0.625. The van der Waals surface area contributed by atoms with Crippen LogP contribution in [0.3, 0.4) is 0 Å². The number of likely N-dealkylation sites (tertiary alicyclic amines) is 1. The number of rotatable bonds is 2. The van der Waals surface area contributed by atoms with E-state index in [0.717, 1.165) is 17.9 Å². The van der Waals surface area contributed by atoms with Gasteiger partial charge in [0.2, 0.25) is 0 Å². The van der Waals surface area contributed by atoms with E-state index in [0.29, 0.717) is 18.6 Å². The second-order valence-electron chi connectivity index (χ2n) is 6.05. The Labute approximate surface area is 115 Å². The van der Waals surface area contributed by atoms with Crippen LogP contribution in [0.5, 0.6) is 5.75 Å². The summed E-state index contributed by atoms with van der Waals surface area (Å²) < 4.78 is 5.85. The number of nitrogens with zero attached hydrogens (tertiary/aromatic N) is 1. The highest BCUT2D eigenvalue weighted by atomic mass is 16.5. The molecule has 0 saturated carbocycles. The number of hydrogen-bond acceptors (Lipinski definition) is 3. The zero-order valence-electron chi connectivity index (χ0n) is 11.7. The molecule has 3 unspecified atom stereocenters. The molecule has 1 aromatic carbocycles. The molecule has 0 spiro atoms. The predicted octanol–water partition coefficient (Wildman–Crippen LogP) is 2.60. The topological polar surface area (TPSA) is 32.7 Å². The Bertz CT molecular complexity index is 446. The Kier molecular flexibility index (Phi) is 3.50. The van der Waals surface area contributed by atoms with Crippen LogP contribution < -0.4 is 4.74 Å². The van der Waals surface area contributed by atoms with E-state index in [1.807, 2.05) is 24.3 Å². The van der Waals surface area contributed by atoms with Gasteiger partial charge < -0.3 is 9.84 Å². The Balaban J connectivity index is 1.84. The minimum absolute atomic E-state index is 0.102. The van der Waals surface area contributed by atoms with Gasteiger partial charge in [-0.1, -0.05) is 32.0 Å². The van der Waals surface area contributed by atoms with Gasteiger partial charge in [-0.05, 0) is 31.4 Å². The maximum atomic E-state index is 10.7. The molecule has 0 aliphatic carbocycles. The van der Waals surface area contributed by atoms with E-state index < -0.39 is 6.10 Å². The number of ether oxygens (including phenoxy) is 1. The van der Waals surface area contributed by atoms with Gasteiger partial charge in [0.15, 0.2) is 0 Å². The molecule has 3 heteroatoms. The zero-order valence-corrected chi connectivity index (χ0v) is 11.7. The summed E-state index contributed by atoms with van der Waals surface area (Å²) >= 11 is 0. The van der Waals surface area contributed by atoms with Crippen LogP contribution in [0.25, 0.3) is 0 Å². The van der Waals surface area contributed by atoms with Crippen molar-refractivity contribution in [2.45, 2.75) is 44.9 Å². The van der Waals surface area contributed by atoms with Crippen molar-refractivity contribution in [1.29, 1.82) is 0 Å². The van der Waals surface area contributed by atoms with Crippen LogP contribution in [-0.2, 0) is 0 Å². The van der Waals surface area contributed by atoms with Crippen molar-refractivity contribution in [3.05, 3.63) is 29.8 Å². The Morgan fingerprint density at radius 2 is 2.11 bits per heavy atom. The third-order valence-corrected chi connectivity index (χ3v) is 4.55. The number of para-hydroxylation sites is 1. The highest BCUT2D eigenvalue weighted by Crippen LogP contribution is 2.37. The van der Waals surface area contributed by atoms with E-state index in [1.54, 1.807) is 0 Å². The molecule has 2 aliphatic rings. The van der Waals surface area contributed by atoms with Gasteiger partial charge in [-0.2, -0.15) is 0 Å². The molecule has 3 nitrogen and oxygen atoms in total. The third kappa shape index (κ3) is 2.26. The van der Waals surface area contributed by atoms with Crippen molar-refractivity contribution in [2.75, 3.05) is 13.2 Å². The first-order chi connectivity index (χ1) is 9.18. The lowest BCUT2D eigenvalue weighted by Gasteiger charge is -2.40. The number of benzene rings is 1. The minimum Gasteiger partial charge on any atom is -0.491 e. The zero-order chi connectivity index (χ0) is 13.4. The summed E-state index contributed by atoms with van der Waals surface area (Å²) in [6.45, 7) is 6.22. The monoisotopic (exact) mass is 261 g/mol. The quantitative estimate of drug-likeness (QED) is 0.888. The van der Waals surface area contributed by atoms with Crippen molar-refractivity contribution in [1.82, 2.24) is 4.90 Å². The lowest BCUT2D eigenvalue weighted by molar-refractivity contribution is -0.00996. The van der Waals surface area contributed by atoms with Crippen LogP contribution in [0.4, 0.5) is 0 Å². The van der Waals surface area contributed by atoms with E-state index in [9.17, 15) is 5.11 Å². The average molecular weight is 261 g/mol. The fourth-order valence-corrected chi connectivity index (χ4v) is 3.55. The maximum absolute atomic E-state index is 10.7. The highest BCUT2D eigenvalue weighted by molar-refractivity contribution is 5.37. The number of hydrogen-bond donors (Lipinski definition) is 1. The van der Waals surface area contributed by atoms with Crippen LogP contribution in [-0.4, -0.2) is 35.2 Å². The fourth-order valence-electron chi connectivity index (χ4n) is 3.55. The van der Waals surface area contributed by atoms with Crippen LogP contribution in [0.15, 0.2) is 24.3 Å². The normalized spacial score (nSPS) is 31.3. The van der Waals surface area contributed by atoms with Gasteiger partial charge in [-0.3, -0.25) is 4.90 Å². The summed E-state index contributed by atoms with van der Waals surface area (Å²) in [5.74, 6) is 1.47. The largest absolute Gasteiger partial charge is 0.491 e. The standard InChI is InChI=1S/C16H23NO2/c1-11(2)13-7-5-9-17(13)14-10-19-15-8-4-3-6-12(15)16(14)18/h3-4,6,8,11,13-14,16,18H,5,7,9-10H2,1-2H3. The number of aliphatic hydroxyl groups excluding tert-OH is 1. The van der Waals surface area contributed by atoms with Crippen LogP contribution >= 0.6 is 0 Å². The second-order valence-corrected chi connectivity index (χ2v) is 6.05. The van der Waals surface area contributed by atoms with E-state index in [2.05, 4.69) is 18.7 Å². The molecule has 3 atom stereocenters. The minimum atomic E-state index is -0.427. The Morgan fingerprint density at radius 3 is 2.89 bits per heavy atom. The molecular formula is C16H23NO2. The van der Waals surface area contributed by atoms with E-state index >= 15 is 0 Å². The van der Waals surface area contributed by atoms with Crippen molar-refractivity contribution in [3.63, 3.8) is 0 Å². The molecule has 0 bridgehead atoms. The molecule has 1 saturated heterocycles. The molecule has 2 heterocycles. The van der Waals surface area contributed by atoms with Gasteiger partial charge in [-0.25, -0.2) is 0 Å². The van der Waals surface area contributed by atoms with Gasteiger partial charge in [0, 0.05) is 11.6 Å².